The van der Waals surface area contributed by atoms with E-state index < -0.39 is 0 Å². The molecule has 3 nitrogen and oxygen atoms in total. The van der Waals surface area contributed by atoms with Crippen molar-refractivity contribution in [3.8, 4) is 0 Å². The van der Waals surface area contributed by atoms with E-state index in [1.54, 1.807) is 0 Å². The van der Waals surface area contributed by atoms with Crippen LogP contribution in [0.2, 0.25) is 0 Å². The Balaban J connectivity index is 1.83. The smallest absolute Gasteiger partial charge is 0.151 e. The third kappa shape index (κ3) is 3.14. The largest absolute Gasteiger partial charge is 0.322 e. The molecule has 0 bridgehead atoms. The van der Waals surface area contributed by atoms with Crippen molar-refractivity contribution in [2.45, 2.75) is 25.6 Å². The highest BCUT2D eigenvalue weighted by molar-refractivity contribution is 5.61. The summed E-state index contributed by atoms with van der Waals surface area (Å²) in [6.07, 6.45) is 2.09. The van der Waals surface area contributed by atoms with E-state index in [1.807, 2.05) is 32.0 Å². The Bertz CT molecular complexity index is 1020. The van der Waals surface area contributed by atoms with Crippen molar-refractivity contribution >= 4 is 11.9 Å². The van der Waals surface area contributed by atoms with Gasteiger partial charge in [-0.25, -0.2) is 0 Å². The number of rotatable bonds is 3. The predicted octanol–water partition coefficient (Wildman–Crippen LogP) is 3.46. The minimum atomic E-state index is -0.347. The molecule has 0 amide bonds. The second-order valence-electron chi connectivity index (χ2n) is 7.28. The third-order valence-electron chi connectivity index (χ3n) is 4.75. The first-order valence-corrected chi connectivity index (χ1v) is 8.90. The molecule has 1 aliphatic heterocycles. The molecule has 3 aromatic rings. The Kier molecular flexibility index (Phi) is 4.09. The third-order valence-corrected chi connectivity index (χ3v) is 4.75. The molecular weight excluding hydrogens is 318 g/mol. The zero-order valence-electron chi connectivity index (χ0n) is 15.1. The van der Waals surface area contributed by atoms with Crippen molar-refractivity contribution in [2.75, 3.05) is 4.90 Å². The predicted molar refractivity (Wildman–Crippen MR) is 107 cm³/mol. The minimum Gasteiger partial charge on any atom is -0.322 e. The summed E-state index contributed by atoms with van der Waals surface area (Å²) in [6.45, 7) is 4.04. The van der Waals surface area contributed by atoms with Crippen molar-refractivity contribution in [2.24, 2.45) is 10.7 Å². The quantitative estimate of drug-likeness (QED) is 0.793. The van der Waals surface area contributed by atoms with Gasteiger partial charge in [0.2, 0.25) is 0 Å². The summed E-state index contributed by atoms with van der Waals surface area (Å²) in [5, 5.41) is 2.15. The topological polar surface area (TPSA) is 41.6 Å². The second-order valence-corrected chi connectivity index (χ2v) is 7.28. The summed E-state index contributed by atoms with van der Waals surface area (Å²) in [4.78, 5) is 7.26. The summed E-state index contributed by atoms with van der Waals surface area (Å²) in [6, 6.07) is 27.1. The summed E-state index contributed by atoms with van der Waals surface area (Å²) < 4.78 is 0. The highest BCUT2D eigenvalue weighted by Crippen LogP contribution is 2.30. The Labute approximate surface area is 154 Å². The lowest BCUT2D eigenvalue weighted by molar-refractivity contribution is 0.554. The number of nitrogens with zero attached hydrogens (tertiary/aromatic N) is 2. The molecule has 26 heavy (non-hydrogen) atoms. The van der Waals surface area contributed by atoms with Crippen LogP contribution in [-0.2, 0) is 5.54 Å². The highest BCUT2D eigenvalue weighted by atomic mass is 15.2. The Hall–Kier alpha value is -2.91. The summed E-state index contributed by atoms with van der Waals surface area (Å²) in [5.74, 6) is 0. The number of hydrogen-bond donors (Lipinski definition) is 1. The number of anilines is 1. The van der Waals surface area contributed by atoms with E-state index in [4.69, 9.17) is 10.7 Å². The fourth-order valence-corrected chi connectivity index (χ4v) is 3.26. The molecule has 1 unspecified atom stereocenters. The van der Waals surface area contributed by atoms with E-state index in [9.17, 15) is 0 Å². The molecule has 3 aromatic carbocycles. The van der Waals surface area contributed by atoms with Gasteiger partial charge < -0.3 is 10.6 Å². The lowest BCUT2D eigenvalue weighted by atomic mass is 9.94. The van der Waals surface area contributed by atoms with Crippen molar-refractivity contribution in [1.29, 1.82) is 0 Å². The number of benzene rings is 3. The monoisotopic (exact) mass is 341 g/mol. The van der Waals surface area contributed by atoms with Gasteiger partial charge in [0.1, 0.15) is 0 Å². The molecule has 0 spiro atoms. The van der Waals surface area contributed by atoms with Crippen LogP contribution in [0.1, 0.15) is 31.1 Å². The van der Waals surface area contributed by atoms with Gasteiger partial charge in [-0.1, -0.05) is 60.7 Å². The second kappa shape index (κ2) is 6.43. The number of nitrogens with two attached hydrogens (primary N) is 1. The fourth-order valence-electron chi connectivity index (χ4n) is 3.26. The molecule has 1 atom stereocenters. The molecule has 0 saturated heterocycles. The molecule has 0 aliphatic carbocycles. The van der Waals surface area contributed by atoms with Crippen LogP contribution >= 0.6 is 0 Å². The molecule has 1 heterocycles. The normalized spacial score (nSPS) is 16.4. The standard InChI is InChI=1S/C23H23N3/c1-23(2,24)19-14-12-17(13-15-19)22-25-21-11-7-6-8-18(21)16-26(22)20-9-4-3-5-10-20/h3-16,22H,24H2,1-2H3. The Morgan fingerprint density at radius 3 is 2.19 bits per heavy atom. The van der Waals surface area contributed by atoms with E-state index >= 15 is 0 Å². The average molecular weight is 341 g/mol. The van der Waals surface area contributed by atoms with Gasteiger partial charge in [0.25, 0.3) is 0 Å². The van der Waals surface area contributed by atoms with Gasteiger partial charge in [-0.05, 0) is 43.2 Å². The van der Waals surface area contributed by atoms with Crippen LogP contribution in [0.15, 0.2) is 83.9 Å². The first kappa shape index (κ1) is 16.6. The van der Waals surface area contributed by atoms with E-state index in [0.29, 0.717) is 0 Å². The van der Waals surface area contributed by atoms with Crippen LogP contribution in [0.25, 0.3) is 6.20 Å². The molecular formula is C23H23N3. The van der Waals surface area contributed by atoms with Crippen LogP contribution in [0.3, 0.4) is 0 Å². The first-order valence-electron chi connectivity index (χ1n) is 8.90. The van der Waals surface area contributed by atoms with E-state index in [1.165, 1.54) is 0 Å². The maximum atomic E-state index is 6.23. The lowest BCUT2D eigenvalue weighted by Gasteiger charge is -2.31. The molecule has 0 fully saturated rings. The molecule has 0 radical (unpaired) electrons. The summed E-state index contributed by atoms with van der Waals surface area (Å²) in [5.41, 5.74) is 9.27. The van der Waals surface area contributed by atoms with Gasteiger partial charge in [-0.2, -0.15) is 0 Å². The summed E-state index contributed by atoms with van der Waals surface area (Å²) in [7, 11) is 0. The minimum absolute atomic E-state index is 0.0952. The summed E-state index contributed by atoms with van der Waals surface area (Å²) >= 11 is 0. The van der Waals surface area contributed by atoms with E-state index in [0.717, 1.165) is 27.4 Å². The molecule has 2 N–H and O–H groups in total. The average Bonchev–Trinajstić information content (AvgIpc) is 2.67. The van der Waals surface area contributed by atoms with Crippen LogP contribution < -0.4 is 21.2 Å². The van der Waals surface area contributed by atoms with Crippen LogP contribution in [0, 0.1) is 0 Å². The molecule has 4 rings (SSSR count). The van der Waals surface area contributed by atoms with E-state index in [2.05, 4.69) is 71.8 Å². The fraction of sp³-hybridized carbons (Fsp3) is 0.174. The molecule has 3 heteroatoms. The van der Waals surface area contributed by atoms with E-state index in [-0.39, 0.29) is 11.7 Å². The van der Waals surface area contributed by atoms with Crippen molar-refractivity contribution < 1.29 is 0 Å². The first-order chi connectivity index (χ1) is 12.5. The van der Waals surface area contributed by atoms with Crippen LogP contribution in [-0.4, -0.2) is 0 Å². The SMILES string of the molecule is CC(C)(N)c1ccc(C2N=c3ccccc3=CN2c2ccccc2)cc1. The maximum absolute atomic E-state index is 6.23. The van der Waals surface area contributed by atoms with Gasteiger partial charge in [-0.15, -0.1) is 0 Å². The van der Waals surface area contributed by atoms with Crippen molar-refractivity contribution in [1.82, 2.24) is 0 Å². The molecule has 1 aliphatic rings. The number of hydrogen-bond acceptors (Lipinski definition) is 3. The van der Waals surface area contributed by atoms with Gasteiger partial charge in [0, 0.05) is 22.6 Å². The van der Waals surface area contributed by atoms with Crippen molar-refractivity contribution in [3.63, 3.8) is 0 Å². The Morgan fingerprint density at radius 2 is 1.50 bits per heavy atom. The maximum Gasteiger partial charge on any atom is 0.151 e. The molecule has 0 saturated carbocycles. The number of fused-ring (bicyclic) bond motifs is 1. The molecule has 130 valence electrons. The number of para-hydroxylation sites is 2. The van der Waals surface area contributed by atoms with Gasteiger partial charge >= 0.3 is 0 Å². The van der Waals surface area contributed by atoms with Crippen molar-refractivity contribution in [3.05, 3.63) is 101 Å². The van der Waals surface area contributed by atoms with Gasteiger partial charge in [0.15, 0.2) is 6.17 Å². The Morgan fingerprint density at radius 1 is 0.846 bits per heavy atom. The van der Waals surface area contributed by atoms with Crippen LogP contribution in [0.5, 0.6) is 0 Å². The highest BCUT2D eigenvalue weighted by Gasteiger charge is 2.22. The van der Waals surface area contributed by atoms with Gasteiger partial charge in [-0.3, -0.25) is 4.99 Å². The molecule has 0 aromatic heterocycles. The van der Waals surface area contributed by atoms with Crippen LogP contribution in [0.4, 0.5) is 5.69 Å². The lowest BCUT2D eigenvalue weighted by Crippen LogP contribution is -2.37. The van der Waals surface area contributed by atoms with Gasteiger partial charge in [0.05, 0.1) is 5.36 Å². The zero-order chi connectivity index (χ0) is 18.1. The zero-order valence-corrected chi connectivity index (χ0v) is 15.1.